The minimum absolute atomic E-state index is 0.0668. The van der Waals surface area contributed by atoms with Crippen LogP contribution in [0.1, 0.15) is 50.0 Å². The molecule has 5 atom stereocenters. The van der Waals surface area contributed by atoms with E-state index in [1.165, 1.54) is 40.2 Å². The van der Waals surface area contributed by atoms with Crippen LogP contribution >= 0.6 is 0 Å². The first kappa shape index (κ1) is 28.7. The number of aliphatic hydroxyl groups excluding tert-OH is 2. The van der Waals surface area contributed by atoms with E-state index in [4.69, 9.17) is 23.7 Å². The smallest absolute Gasteiger partial charge is 0.340 e. The van der Waals surface area contributed by atoms with Crippen LogP contribution in [0.3, 0.4) is 0 Å². The van der Waals surface area contributed by atoms with E-state index in [2.05, 4.69) is 0 Å². The third-order valence-electron chi connectivity index (χ3n) is 5.55. The molecule has 1 saturated heterocycles. The zero-order chi connectivity index (χ0) is 26.4. The molecule has 1 aromatic rings. The van der Waals surface area contributed by atoms with Gasteiger partial charge in [-0.15, -0.1) is 0 Å². The molecule has 2 rings (SSSR count). The average Bonchev–Trinajstić information content (AvgIpc) is 3.09. The molecule has 1 aliphatic rings. The predicted octanol–water partition coefficient (Wildman–Crippen LogP) is 3.33. The Bertz CT molecular complexity index is 924. The van der Waals surface area contributed by atoms with E-state index in [0.717, 1.165) is 6.08 Å². The summed E-state index contributed by atoms with van der Waals surface area (Å²) in [5.41, 5.74) is -1.75. The van der Waals surface area contributed by atoms with Gasteiger partial charge >= 0.3 is 5.97 Å². The molecule has 0 amide bonds. The van der Waals surface area contributed by atoms with Crippen molar-refractivity contribution in [1.82, 2.24) is 0 Å². The summed E-state index contributed by atoms with van der Waals surface area (Å²) in [6.45, 7) is 5.77. The Morgan fingerprint density at radius 3 is 2.54 bits per heavy atom. The number of rotatable bonds is 12. The minimum Gasteiger partial charge on any atom is -0.497 e. The van der Waals surface area contributed by atoms with Gasteiger partial charge < -0.3 is 39.0 Å². The van der Waals surface area contributed by atoms with Crippen LogP contribution in [-0.4, -0.2) is 78.2 Å². The van der Waals surface area contributed by atoms with Gasteiger partial charge in [0.15, 0.2) is 18.2 Å². The highest BCUT2D eigenvalue weighted by Crippen LogP contribution is 2.34. The Kier molecular flexibility index (Phi) is 9.82. The second-order valence-electron chi connectivity index (χ2n) is 8.90. The number of hydrogen-bond acceptors (Lipinski definition) is 8. The third-order valence-corrected chi connectivity index (χ3v) is 5.55. The van der Waals surface area contributed by atoms with Crippen LogP contribution in [0.4, 0.5) is 4.39 Å². The number of aromatic carboxylic acids is 1. The molecule has 0 spiro atoms. The van der Waals surface area contributed by atoms with E-state index in [-0.39, 0.29) is 24.5 Å². The maximum absolute atomic E-state index is 14.4. The number of carboxylic acids is 1. The topological polar surface area (TPSA) is 124 Å². The van der Waals surface area contributed by atoms with Gasteiger partial charge in [0.25, 0.3) is 0 Å². The van der Waals surface area contributed by atoms with Crippen LogP contribution < -0.4 is 9.47 Å². The lowest BCUT2D eigenvalue weighted by Crippen LogP contribution is -2.35. The molecule has 5 unspecified atom stereocenters. The van der Waals surface area contributed by atoms with E-state index in [0.29, 0.717) is 11.3 Å². The fraction of sp³-hybridized carbons (Fsp3) is 0.560. The van der Waals surface area contributed by atoms with Crippen molar-refractivity contribution >= 4 is 12.0 Å². The molecule has 1 fully saturated rings. The molecule has 1 aromatic carbocycles. The first-order chi connectivity index (χ1) is 16.3. The Labute approximate surface area is 204 Å². The number of alkyl halides is 1. The normalized spacial score (nSPS) is 23.3. The molecular formula is C25H35FO9. The third kappa shape index (κ3) is 7.74. The highest BCUT2D eigenvalue weighted by molar-refractivity contribution is 5.95. The minimum atomic E-state index is -2.02. The van der Waals surface area contributed by atoms with Crippen molar-refractivity contribution in [3.8, 4) is 11.5 Å². The van der Waals surface area contributed by atoms with Gasteiger partial charge in [-0.1, -0.05) is 18.2 Å². The lowest BCUT2D eigenvalue weighted by atomic mass is 9.98. The fourth-order valence-electron chi connectivity index (χ4n) is 3.52. The molecule has 10 heteroatoms. The summed E-state index contributed by atoms with van der Waals surface area (Å²) in [5.74, 6) is -1.70. The van der Waals surface area contributed by atoms with Crippen LogP contribution in [0.2, 0.25) is 0 Å². The lowest BCUT2D eigenvalue weighted by Gasteiger charge is -2.22. The van der Waals surface area contributed by atoms with Crippen molar-refractivity contribution in [2.45, 2.75) is 70.0 Å². The van der Waals surface area contributed by atoms with Crippen LogP contribution in [0, 0.1) is 0 Å². The van der Waals surface area contributed by atoms with Crippen molar-refractivity contribution in [1.29, 1.82) is 0 Å². The first-order valence-electron chi connectivity index (χ1n) is 11.1. The van der Waals surface area contributed by atoms with Crippen molar-refractivity contribution in [3.63, 3.8) is 0 Å². The molecule has 0 saturated carbocycles. The summed E-state index contributed by atoms with van der Waals surface area (Å²) >= 11 is 0. The van der Waals surface area contributed by atoms with Crippen LogP contribution in [-0.2, 0) is 14.2 Å². The number of aliphatic hydroxyl groups is 2. The number of methoxy groups -OCH3 is 2. The van der Waals surface area contributed by atoms with E-state index >= 15 is 0 Å². The van der Waals surface area contributed by atoms with Gasteiger partial charge in [-0.25, -0.2) is 9.18 Å². The van der Waals surface area contributed by atoms with Gasteiger partial charge in [-0.05, 0) is 51.8 Å². The van der Waals surface area contributed by atoms with E-state index in [1.54, 1.807) is 32.1 Å². The van der Waals surface area contributed by atoms with Gasteiger partial charge in [-0.2, -0.15) is 0 Å². The maximum atomic E-state index is 14.4. The molecule has 0 aromatic heterocycles. The SMILES string of the molecule is COCOc1cc(OC)cc(/C=C/CC2OC(C)(C)OC2C(O)/C=C\C(C)(F)C(C)O)c1C(=O)O. The number of ether oxygens (including phenoxy) is 5. The molecule has 1 heterocycles. The Balaban J connectivity index is 2.27. The Morgan fingerprint density at radius 2 is 1.97 bits per heavy atom. The quantitative estimate of drug-likeness (QED) is 0.294. The van der Waals surface area contributed by atoms with Gasteiger partial charge in [-0.3, -0.25) is 0 Å². The fourth-order valence-corrected chi connectivity index (χ4v) is 3.52. The highest BCUT2D eigenvalue weighted by Gasteiger charge is 2.43. The number of carbonyl (C=O) groups is 1. The van der Waals surface area contributed by atoms with Crippen molar-refractivity contribution in [2.75, 3.05) is 21.0 Å². The molecule has 0 radical (unpaired) electrons. The molecule has 3 N–H and O–H groups in total. The number of carboxylic acid groups (broad SMARTS) is 1. The van der Waals surface area contributed by atoms with Crippen LogP contribution in [0.15, 0.2) is 30.4 Å². The summed E-state index contributed by atoms with van der Waals surface area (Å²) in [7, 11) is 2.87. The largest absolute Gasteiger partial charge is 0.497 e. The Morgan fingerprint density at radius 1 is 1.29 bits per heavy atom. The zero-order valence-electron chi connectivity index (χ0n) is 20.9. The summed E-state index contributed by atoms with van der Waals surface area (Å²) in [6.07, 6.45) is 1.98. The van der Waals surface area contributed by atoms with E-state index in [9.17, 15) is 24.5 Å². The first-order valence-corrected chi connectivity index (χ1v) is 11.1. The van der Waals surface area contributed by atoms with Gasteiger partial charge in [0.2, 0.25) is 0 Å². The summed E-state index contributed by atoms with van der Waals surface area (Å²) in [6, 6.07) is 3.02. The molecule has 0 bridgehead atoms. The number of halogens is 1. The van der Waals surface area contributed by atoms with E-state index < -0.39 is 41.8 Å². The van der Waals surface area contributed by atoms with Crippen molar-refractivity contribution < 1.29 is 48.2 Å². The summed E-state index contributed by atoms with van der Waals surface area (Å²) in [5, 5.41) is 29.9. The molecule has 196 valence electrons. The molecule has 1 aliphatic heterocycles. The van der Waals surface area contributed by atoms with E-state index in [1.807, 2.05) is 0 Å². The standard InChI is InChI=1S/C25H35FO9/c1-15(27)25(4,26)11-10-18(28)22-19(34-24(2,3)35-22)9-7-8-16-12-17(32-6)13-20(33-14-31-5)21(16)23(29)30/h7-8,10-13,15,18-19,22,27-28H,9,14H2,1-6H3,(H,29,30)/b8-7+,11-10-. The second kappa shape index (κ2) is 12.0. The average molecular weight is 499 g/mol. The van der Waals surface area contributed by atoms with Gasteiger partial charge in [0.05, 0.1) is 19.3 Å². The zero-order valence-corrected chi connectivity index (χ0v) is 20.9. The maximum Gasteiger partial charge on any atom is 0.340 e. The monoisotopic (exact) mass is 498 g/mol. The number of benzene rings is 1. The molecular weight excluding hydrogens is 463 g/mol. The van der Waals surface area contributed by atoms with Gasteiger partial charge in [0, 0.05) is 13.2 Å². The van der Waals surface area contributed by atoms with Crippen LogP contribution in [0.25, 0.3) is 6.08 Å². The van der Waals surface area contributed by atoms with Crippen molar-refractivity contribution in [2.24, 2.45) is 0 Å². The second-order valence-corrected chi connectivity index (χ2v) is 8.90. The molecule has 0 aliphatic carbocycles. The molecule has 9 nitrogen and oxygen atoms in total. The number of hydrogen-bond donors (Lipinski definition) is 3. The highest BCUT2D eigenvalue weighted by atomic mass is 19.1. The Hall–Kier alpha value is -2.50. The van der Waals surface area contributed by atoms with Gasteiger partial charge in [0.1, 0.15) is 29.3 Å². The summed E-state index contributed by atoms with van der Waals surface area (Å²) in [4.78, 5) is 11.9. The molecule has 35 heavy (non-hydrogen) atoms. The van der Waals surface area contributed by atoms with Crippen molar-refractivity contribution in [3.05, 3.63) is 41.5 Å². The van der Waals surface area contributed by atoms with Crippen LogP contribution in [0.5, 0.6) is 11.5 Å². The summed E-state index contributed by atoms with van der Waals surface area (Å²) < 4.78 is 41.6. The lowest BCUT2D eigenvalue weighted by molar-refractivity contribution is -0.152. The predicted molar refractivity (Wildman–Crippen MR) is 126 cm³/mol.